The summed E-state index contributed by atoms with van der Waals surface area (Å²) in [5, 5.41) is 8.73. The number of hydrogen-bond acceptors (Lipinski definition) is 4. The van der Waals surface area contributed by atoms with Crippen molar-refractivity contribution >= 4 is 0 Å². The molecule has 0 bridgehead atoms. The first-order chi connectivity index (χ1) is 9.33. The van der Waals surface area contributed by atoms with Gasteiger partial charge in [-0.3, -0.25) is 0 Å². The second-order valence-electron chi connectivity index (χ2n) is 3.81. The predicted octanol–water partition coefficient (Wildman–Crippen LogP) is 2.97. The fourth-order valence-corrected chi connectivity index (χ4v) is 1.47. The zero-order valence-electron chi connectivity index (χ0n) is 10.6. The molecule has 2 rings (SSSR count). The number of rotatable bonds is 4. The highest BCUT2D eigenvalue weighted by Crippen LogP contribution is 2.17. The van der Waals surface area contributed by atoms with Crippen molar-refractivity contribution in [2.45, 2.75) is 6.92 Å². The molecule has 0 atom stereocenters. The van der Waals surface area contributed by atoms with E-state index in [4.69, 9.17) is 10.00 Å². The number of nitriles is 1. The van der Waals surface area contributed by atoms with E-state index in [9.17, 15) is 0 Å². The molecule has 1 aromatic carbocycles. The van der Waals surface area contributed by atoms with Gasteiger partial charge < -0.3 is 4.74 Å². The van der Waals surface area contributed by atoms with Crippen LogP contribution >= 0.6 is 0 Å². The van der Waals surface area contributed by atoms with Crippen LogP contribution in [0, 0.1) is 11.3 Å². The molecular formula is C15H13N3O. The normalized spacial score (nSPS) is 10.3. The zero-order chi connectivity index (χ0) is 13.5. The average Bonchev–Trinajstić information content (AvgIpc) is 2.48. The Kier molecular flexibility index (Phi) is 4.25. The van der Waals surface area contributed by atoms with Crippen LogP contribution < -0.4 is 4.74 Å². The Hall–Kier alpha value is -2.67. The Morgan fingerprint density at radius 2 is 1.89 bits per heavy atom. The van der Waals surface area contributed by atoms with Gasteiger partial charge in [0.15, 0.2) is 11.6 Å². The third-order valence-corrected chi connectivity index (χ3v) is 2.48. The standard InChI is InChI=1S/C15H13N3O/c1-2-3-8-19-14-10-17-15(18-11-14)13-6-4-12(9-16)5-7-13/h2-7,10-11H,8H2,1H3. The molecule has 0 aliphatic carbocycles. The number of nitrogens with zero attached hydrogens (tertiary/aromatic N) is 3. The lowest BCUT2D eigenvalue weighted by molar-refractivity contribution is 0.359. The summed E-state index contributed by atoms with van der Waals surface area (Å²) in [6, 6.07) is 9.22. The van der Waals surface area contributed by atoms with E-state index in [-0.39, 0.29) is 0 Å². The van der Waals surface area contributed by atoms with Gasteiger partial charge in [-0.15, -0.1) is 0 Å². The third-order valence-electron chi connectivity index (χ3n) is 2.48. The first kappa shape index (κ1) is 12.8. The number of allylic oxidation sites excluding steroid dienone is 1. The summed E-state index contributed by atoms with van der Waals surface area (Å²) in [4.78, 5) is 8.48. The summed E-state index contributed by atoms with van der Waals surface area (Å²) in [5.41, 5.74) is 1.49. The summed E-state index contributed by atoms with van der Waals surface area (Å²) in [5.74, 6) is 1.25. The van der Waals surface area contributed by atoms with E-state index in [1.165, 1.54) is 0 Å². The second kappa shape index (κ2) is 6.31. The smallest absolute Gasteiger partial charge is 0.159 e. The lowest BCUT2D eigenvalue weighted by Crippen LogP contribution is -1.96. The molecule has 1 heterocycles. The van der Waals surface area contributed by atoms with Gasteiger partial charge in [-0.25, -0.2) is 9.97 Å². The molecule has 0 amide bonds. The highest BCUT2D eigenvalue weighted by atomic mass is 16.5. The topological polar surface area (TPSA) is 58.8 Å². The first-order valence-corrected chi connectivity index (χ1v) is 5.90. The van der Waals surface area contributed by atoms with Crippen LogP contribution in [0.15, 0.2) is 48.8 Å². The fraction of sp³-hybridized carbons (Fsp3) is 0.133. The molecule has 94 valence electrons. The number of benzene rings is 1. The number of ether oxygens (including phenoxy) is 1. The molecule has 0 radical (unpaired) electrons. The maximum atomic E-state index is 8.73. The molecule has 2 aromatic rings. The van der Waals surface area contributed by atoms with Gasteiger partial charge >= 0.3 is 0 Å². The van der Waals surface area contributed by atoms with Crippen LogP contribution in [0.1, 0.15) is 12.5 Å². The maximum absolute atomic E-state index is 8.73. The monoisotopic (exact) mass is 251 g/mol. The van der Waals surface area contributed by atoms with Crippen LogP contribution in [-0.4, -0.2) is 16.6 Å². The van der Waals surface area contributed by atoms with Gasteiger partial charge in [0.2, 0.25) is 0 Å². The van der Waals surface area contributed by atoms with E-state index < -0.39 is 0 Å². The van der Waals surface area contributed by atoms with E-state index >= 15 is 0 Å². The summed E-state index contributed by atoms with van der Waals surface area (Å²) in [7, 11) is 0. The molecule has 19 heavy (non-hydrogen) atoms. The van der Waals surface area contributed by atoms with Crippen LogP contribution in [0.2, 0.25) is 0 Å². The van der Waals surface area contributed by atoms with Crippen molar-refractivity contribution in [2.24, 2.45) is 0 Å². The van der Waals surface area contributed by atoms with E-state index in [0.717, 1.165) is 5.56 Å². The first-order valence-electron chi connectivity index (χ1n) is 5.90. The van der Waals surface area contributed by atoms with Gasteiger partial charge in [0.05, 0.1) is 24.0 Å². The maximum Gasteiger partial charge on any atom is 0.159 e. The lowest BCUT2D eigenvalue weighted by Gasteiger charge is -2.03. The van der Waals surface area contributed by atoms with Crippen molar-refractivity contribution < 1.29 is 4.74 Å². The fourth-order valence-electron chi connectivity index (χ4n) is 1.47. The third kappa shape index (κ3) is 3.39. The molecule has 4 nitrogen and oxygen atoms in total. The summed E-state index contributed by atoms with van der Waals surface area (Å²) in [6.07, 6.45) is 7.12. The molecule has 1 aromatic heterocycles. The Balaban J connectivity index is 2.11. The van der Waals surface area contributed by atoms with Crippen molar-refractivity contribution in [2.75, 3.05) is 6.61 Å². The zero-order valence-corrected chi connectivity index (χ0v) is 10.6. The van der Waals surface area contributed by atoms with E-state index in [1.54, 1.807) is 24.5 Å². The van der Waals surface area contributed by atoms with Crippen molar-refractivity contribution in [3.63, 3.8) is 0 Å². The molecule has 0 fully saturated rings. The van der Waals surface area contributed by atoms with Crippen LogP contribution in [0.3, 0.4) is 0 Å². The summed E-state index contributed by atoms with van der Waals surface area (Å²) < 4.78 is 5.42. The van der Waals surface area contributed by atoms with Gasteiger partial charge in [0.1, 0.15) is 6.61 Å². The summed E-state index contributed by atoms with van der Waals surface area (Å²) in [6.45, 7) is 2.45. The second-order valence-corrected chi connectivity index (χ2v) is 3.81. The van der Waals surface area contributed by atoms with Gasteiger partial charge in [0.25, 0.3) is 0 Å². The van der Waals surface area contributed by atoms with Gasteiger partial charge in [0, 0.05) is 5.56 Å². The van der Waals surface area contributed by atoms with Crippen LogP contribution in [0.4, 0.5) is 0 Å². The molecule has 0 spiro atoms. The molecule has 0 saturated carbocycles. The average molecular weight is 251 g/mol. The van der Waals surface area contributed by atoms with E-state index in [0.29, 0.717) is 23.7 Å². The van der Waals surface area contributed by atoms with Gasteiger partial charge in [-0.2, -0.15) is 5.26 Å². The quantitative estimate of drug-likeness (QED) is 0.784. The highest BCUT2D eigenvalue weighted by molar-refractivity contribution is 5.56. The molecule has 4 heteroatoms. The van der Waals surface area contributed by atoms with Crippen LogP contribution in [0.5, 0.6) is 5.75 Å². The van der Waals surface area contributed by atoms with Crippen molar-refractivity contribution in [3.8, 4) is 23.2 Å². The molecule has 0 aliphatic rings. The summed E-state index contributed by atoms with van der Waals surface area (Å²) >= 11 is 0. The van der Waals surface area contributed by atoms with Crippen molar-refractivity contribution in [1.82, 2.24) is 9.97 Å². The minimum absolute atomic E-state index is 0.510. The number of hydrogen-bond donors (Lipinski definition) is 0. The SMILES string of the molecule is CC=CCOc1cnc(-c2ccc(C#N)cc2)nc1. The van der Waals surface area contributed by atoms with Gasteiger partial charge in [-0.05, 0) is 31.2 Å². The minimum Gasteiger partial charge on any atom is -0.486 e. The van der Waals surface area contributed by atoms with Crippen LogP contribution in [-0.2, 0) is 0 Å². The molecule has 0 saturated heterocycles. The predicted molar refractivity (Wildman–Crippen MR) is 72.5 cm³/mol. The largest absolute Gasteiger partial charge is 0.486 e. The van der Waals surface area contributed by atoms with Gasteiger partial charge in [-0.1, -0.05) is 12.2 Å². The molecular weight excluding hydrogens is 238 g/mol. The Bertz CT molecular complexity index is 595. The lowest BCUT2D eigenvalue weighted by atomic mass is 10.1. The Morgan fingerprint density at radius 3 is 2.47 bits per heavy atom. The van der Waals surface area contributed by atoms with E-state index in [1.807, 2.05) is 31.2 Å². The van der Waals surface area contributed by atoms with Crippen molar-refractivity contribution in [3.05, 3.63) is 54.4 Å². The van der Waals surface area contributed by atoms with Crippen molar-refractivity contribution in [1.29, 1.82) is 5.26 Å². The van der Waals surface area contributed by atoms with Crippen LogP contribution in [0.25, 0.3) is 11.4 Å². The minimum atomic E-state index is 0.510. The number of aromatic nitrogens is 2. The molecule has 0 N–H and O–H groups in total. The Labute approximate surface area is 112 Å². The highest BCUT2D eigenvalue weighted by Gasteiger charge is 2.02. The Morgan fingerprint density at radius 1 is 1.21 bits per heavy atom. The van der Waals surface area contributed by atoms with E-state index in [2.05, 4.69) is 16.0 Å². The molecule has 0 aliphatic heterocycles. The molecule has 0 unspecified atom stereocenters.